The Kier molecular flexibility index (Phi) is 7.18. The summed E-state index contributed by atoms with van der Waals surface area (Å²) in [5.41, 5.74) is -0.509. The average molecular weight is 397 g/mol. The third kappa shape index (κ3) is 6.43. The van der Waals surface area contributed by atoms with Gasteiger partial charge in [-0.3, -0.25) is 0 Å². The van der Waals surface area contributed by atoms with Crippen LogP contribution in [0.3, 0.4) is 0 Å². The molecule has 0 saturated carbocycles. The second-order valence-electron chi connectivity index (χ2n) is 6.68. The predicted molar refractivity (Wildman–Crippen MR) is 91.6 cm³/mol. The van der Waals surface area contributed by atoms with E-state index in [1.165, 1.54) is 0 Å². The highest BCUT2D eigenvalue weighted by atomic mass is 35.5. The van der Waals surface area contributed by atoms with Crippen LogP contribution in [0.5, 0.6) is 0 Å². The molecule has 2 atom stereocenters. The zero-order valence-corrected chi connectivity index (χ0v) is 15.7. The van der Waals surface area contributed by atoms with Crippen molar-refractivity contribution in [3.63, 3.8) is 0 Å². The molecule has 1 aromatic carbocycles. The highest BCUT2D eigenvalue weighted by molar-refractivity contribution is 7.89. The van der Waals surface area contributed by atoms with Crippen molar-refractivity contribution in [2.45, 2.75) is 44.2 Å². The van der Waals surface area contributed by atoms with Crippen LogP contribution >= 0.6 is 11.6 Å². The number of sulfonamides is 1. The number of rotatable bonds is 7. The molecule has 1 amide bonds. The van der Waals surface area contributed by atoms with Gasteiger partial charge in [0.25, 0.3) is 0 Å². The van der Waals surface area contributed by atoms with Crippen LogP contribution in [0.15, 0.2) is 23.1 Å². The lowest BCUT2D eigenvalue weighted by molar-refractivity contribution is 0.161. The summed E-state index contributed by atoms with van der Waals surface area (Å²) in [6, 6.07) is 1.27. The Morgan fingerprint density at radius 3 is 2.40 bits per heavy atom. The maximum absolute atomic E-state index is 13.1. The number of hydrogen-bond donors (Lipinski definition) is 4. The highest BCUT2D eigenvalue weighted by Gasteiger charge is 2.31. The number of benzene rings is 1. The second kappa shape index (κ2) is 8.31. The molecule has 0 radical (unpaired) electrons. The Hall–Kier alpha value is -1.42. The molecule has 142 valence electrons. The molecule has 0 aliphatic heterocycles. The van der Waals surface area contributed by atoms with Crippen LogP contribution in [-0.2, 0) is 10.0 Å². The van der Waals surface area contributed by atoms with Gasteiger partial charge in [-0.1, -0.05) is 32.4 Å². The molecule has 10 heteroatoms. The lowest BCUT2D eigenvalue weighted by atomic mass is 9.83. The van der Waals surface area contributed by atoms with Crippen LogP contribution < -0.4 is 10.0 Å². The molecule has 25 heavy (non-hydrogen) atoms. The topological polar surface area (TPSA) is 116 Å². The largest absolute Gasteiger partial charge is 0.465 e. The molecule has 0 aliphatic rings. The summed E-state index contributed by atoms with van der Waals surface area (Å²) in [6.45, 7) is 4.81. The molecule has 0 spiro atoms. The van der Waals surface area contributed by atoms with Crippen LogP contribution in [0.25, 0.3) is 0 Å². The van der Waals surface area contributed by atoms with Crippen LogP contribution in [0.4, 0.5) is 9.18 Å². The van der Waals surface area contributed by atoms with Gasteiger partial charge in [0.2, 0.25) is 10.0 Å². The monoisotopic (exact) mass is 396 g/mol. The van der Waals surface area contributed by atoms with Crippen molar-refractivity contribution in [3.05, 3.63) is 29.0 Å². The van der Waals surface area contributed by atoms with Crippen LogP contribution in [0.2, 0.25) is 5.02 Å². The van der Waals surface area contributed by atoms with Gasteiger partial charge >= 0.3 is 6.09 Å². The Morgan fingerprint density at radius 2 is 1.96 bits per heavy atom. The van der Waals surface area contributed by atoms with Gasteiger partial charge in [-0.25, -0.2) is 22.3 Å². The number of carboxylic acid groups (broad SMARTS) is 1. The standard InChI is InChI=1S/C15H22ClFN2O5S/c1-15(2,3)13(18-14(21)22)7-10(8-20)19-25(23,24)12-5-4-9(17)6-11(12)16/h4-6,10,13,18-20H,7-8H2,1-3H3,(H,21,22)/t10-,13?/m1/s1. The van der Waals surface area contributed by atoms with Crippen LogP contribution in [0, 0.1) is 11.2 Å². The van der Waals surface area contributed by atoms with Gasteiger partial charge in [0.1, 0.15) is 10.7 Å². The summed E-state index contributed by atoms with van der Waals surface area (Å²) < 4.78 is 40.2. The Morgan fingerprint density at radius 1 is 1.36 bits per heavy atom. The van der Waals surface area contributed by atoms with Crippen molar-refractivity contribution in [1.29, 1.82) is 0 Å². The van der Waals surface area contributed by atoms with E-state index in [4.69, 9.17) is 16.7 Å². The van der Waals surface area contributed by atoms with Crippen molar-refractivity contribution in [2.75, 3.05) is 6.61 Å². The van der Waals surface area contributed by atoms with Gasteiger partial charge in [-0.15, -0.1) is 0 Å². The Bertz CT molecular complexity index is 721. The van der Waals surface area contributed by atoms with E-state index in [1.807, 2.05) is 0 Å². The molecule has 0 aliphatic carbocycles. The average Bonchev–Trinajstić information content (AvgIpc) is 2.43. The quantitative estimate of drug-likeness (QED) is 0.563. The summed E-state index contributed by atoms with van der Waals surface area (Å²) >= 11 is 5.78. The van der Waals surface area contributed by atoms with E-state index < -0.39 is 46.0 Å². The summed E-state index contributed by atoms with van der Waals surface area (Å²) in [6.07, 6.45) is -1.23. The maximum Gasteiger partial charge on any atom is 0.404 e. The molecule has 0 aromatic heterocycles. The summed E-state index contributed by atoms with van der Waals surface area (Å²) in [5.74, 6) is -0.680. The number of amides is 1. The molecular weight excluding hydrogens is 375 g/mol. The molecule has 0 heterocycles. The number of aliphatic hydroxyl groups excluding tert-OH is 1. The first-order chi connectivity index (χ1) is 11.4. The van der Waals surface area contributed by atoms with Crippen molar-refractivity contribution < 1.29 is 27.8 Å². The fraction of sp³-hybridized carbons (Fsp3) is 0.533. The summed E-state index contributed by atoms with van der Waals surface area (Å²) in [5, 5.41) is 20.5. The van der Waals surface area contributed by atoms with Gasteiger partial charge < -0.3 is 15.5 Å². The molecule has 0 saturated heterocycles. The predicted octanol–water partition coefficient (Wildman–Crippen LogP) is 2.19. The van der Waals surface area contributed by atoms with Crippen molar-refractivity contribution in [2.24, 2.45) is 5.41 Å². The molecule has 0 bridgehead atoms. The maximum atomic E-state index is 13.1. The number of carbonyl (C=O) groups is 1. The third-order valence-corrected chi connectivity index (χ3v) is 5.59. The molecule has 4 N–H and O–H groups in total. The van der Waals surface area contributed by atoms with Gasteiger partial charge in [-0.05, 0) is 30.0 Å². The van der Waals surface area contributed by atoms with Gasteiger partial charge in [-0.2, -0.15) is 0 Å². The lowest BCUT2D eigenvalue weighted by Crippen LogP contribution is -2.49. The number of aliphatic hydroxyl groups is 1. The first kappa shape index (κ1) is 21.6. The third-order valence-electron chi connectivity index (χ3n) is 3.59. The van der Waals surface area contributed by atoms with Gasteiger partial charge in [0.05, 0.1) is 11.6 Å². The van der Waals surface area contributed by atoms with E-state index in [0.717, 1.165) is 18.2 Å². The zero-order chi connectivity index (χ0) is 19.4. The minimum absolute atomic E-state index is 0.0182. The molecule has 1 rings (SSSR count). The fourth-order valence-corrected chi connectivity index (χ4v) is 3.97. The fourth-order valence-electron chi connectivity index (χ4n) is 2.20. The van der Waals surface area contributed by atoms with E-state index in [-0.39, 0.29) is 16.3 Å². The lowest BCUT2D eigenvalue weighted by Gasteiger charge is -2.33. The van der Waals surface area contributed by atoms with E-state index in [0.29, 0.717) is 0 Å². The smallest absolute Gasteiger partial charge is 0.404 e. The first-order valence-corrected chi connectivity index (χ1v) is 9.30. The van der Waals surface area contributed by atoms with E-state index in [1.54, 1.807) is 20.8 Å². The minimum atomic E-state index is -4.12. The minimum Gasteiger partial charge on any atom is -0.465 e. The number of nitrogens with one attached hydrogen (secondary N) is 2. The van der Waals surface area contributed by atoms with E-state index >= 15 is 0 Å². The Balaban J connectivity index is 3.01. The molecular formula is C15H22ClFN2O5S. The van der Waals surface area contributed by atoms with Crippen LogP contribution in [-0.4, -0.2) is 43.4 Å². The second-order valence-corrected chi connectivity index (χ2v) is 8.77. The molecule has 1 aromatic rings. The van der Waals surface area contributed by atoms with E-state index in [2.05, 4.69) is 10.0 Å². The zero-order valence-electron chi connectivity index (χ0n) is 14.1. The first-order valence-electron chi connectivity index (χ1n) is 7.44. The Labute approximate surface area is 151 Å². The van der Waals surface area contributed by atoms with E-state index in [9.17, 15) is 22.7 Å². The normalized spacial score (nSPS) is 14.8. The van der Waals surface area contributed by atoms with Gasteiger partial charge in [0, 0.05) is 12.1 Å². The van der Waals surface area contributed by atoms with Crippen molar-refractivity contribution in [1.82, 2.24) is 10.0 Å². The summed E-state index contributed by atoms with van der Waals surface area (Å²) in [7, 11) is -4.12. The van der Waals surface area contributed by atoms with Crippen LogP contribution in [0.1, 0.15) is 27.2 Å². The number of halogens is 2. The van der Waals surface area contributed by atoms with Gasteiger partial charge in [0.15, 0.2) is 0 Å². The number of hydrogen-bond acceptors (Lipinski definition) is 4. The van der Waals surface area contributed by atoms with Crippen molar-refractivity contribution >= 4 is 27.7 Å². The molecule has 1 unspecified atom stereocenters. The molecule has 7 nitrogen and oxygen atoms in total. The summed E-state index contributed by atoms with van der Waals surface area (Å²) in [4.78, 5) is 10.6. The highest BCUT2D eigenvalue weighted by Crippen LogP contribution is 2.25. The molecule has 0 fully saturated rings. The van der Waals surface area contributed by atoms with Crippen molar-refractivity contribution in [3.8, 4) is 0 Å². The SMILES string of the molecule is CC(C)(C)C(C[C@H](CO)NS(=O)(=O)c1ccc(F)cc1Cl)NC(=O)O.